The summed E-state index contributed by atoms with van der Waals surface area (Å²) in [6, 6.07) is 11.8. The van der Waals surface area contributed by atoms with E-state index in [2.05, 4.69) is 41.2 Å². The molecule has 0 spiro atoms. The molecule has 0 saturated carbocycles. The van der Waals surface area contributed by atoms with Gasteiger partial charge in [-0.05, 0) is 61.0 Å². The Hall–Kier alpha value is -3.38. The smallest absolute Gasteiger partial charge is 0.255 e. The minimum absolute atomic E-state index is 0.117. The minimum Gasteiger partial charge on any atom is -0.397 e. The van der Waals surface area contributed by atoms with Gasteiger partial charge < -0.3 is 31.2 Å². The molecule has 1 aromatic carbocycles. The zero-order valence-corrected chi connectivity index (χ0v) is 24.9. The Bertz CT molecular complexity index is 1390. The van der Waals surface area contributed by atoms with Crippen molar-refractivity contribution in [2.24, 2.45) is 11.7 Å². The number of aliphatic hydroxyl groups is 1. The van der Waals surface area contributed by atoms with Gasteiger partial charge in [-0.15, -0.1) is 0 Å². The number of anilines is 1. The molecule has 0 fully saturated rings. The molecule has 214 valence electrons. The number of hydrogen-bond donors (Lipinski definition) is 5. The molecule has 0 bridgehead atoms. The maximum absolute atomic E-state index is 12.9. The number of nitrogens with one attached hydrogen (secondary N) is 3. The Labute approximate surface area is 243 Å². The van der Waals surface area contributed by atoms with Crippen LogP contribution in [0.1, 0.15) is 48.8 Å². The molecule has 2 unspecified atom stereocenters. The van der Waals surface area contributed by atoms with E-state index < -0.39 is 0 Å². The van der Waals surface area contributed by atoms with E-state index in [1.165, 1.54) is 0 Å². The lowest BCUT2D eigenvalue weighted by molar-refractivity contribution is -0.109. The number of nitrogens with two attached hydrogens (primary N) is 1. The summed E-state index contributed by atoms with van der Waals surface area (Å²) >= 11 is 3.22. The number of carbonyl (C=O) groups is 2. The second kappa shape index (κ2) is 15.4. The summed E-state index contributed by atoms with van der Waals surface area (Å²) in [7, 11) is 0. The van der Waals surface area contributed by atoms with Crippen molar-refractivity contribution >= 4 is 46.8 Å². The third-order valence-electron chi connectivity index (χ3n) is 6.23. The number of thioether (sulfide) groups is 1. The predicted octanol–water partition coefficient (Wildman–Crippen LogP) is 4.84. The molecule has 40 heavy (non-hydrogen) atoms. The number of aromatic nitrogens is 2. The Morgan fingerprint density at radius 1 is 1.30 bits per heavy atom. The van der Waals surface area contributed by atoms with E-state index in [0.29, 0.717) is 23.7 Å². The number of nitrogens with zero attached hydrogens (tertiary/aromatic N) is 2. The van der Waals surface area contributed by atoms with Gasteiger partial charge in [0.05, 0.1) is 11.3 Å². The van der Waals surface area contributed by atoms with E-state index >= 15 is 0 Å². The number of aryl methyl sites for hydroxylation is 1. The molecule has 11 heteroatoms. The van der Waals surface area contributed by atoms with E-state index in [-0.39, 0.29) is 18.0 Å². The number of fused-ring (bicyclic) bond motifs is 2. The summed E-state index contributed by atoms with van der Waals surface area (Å²) in [6.07, 6.45) is 3.81. The molecule has 9 nitrogen and oxygen atoms in total. The molecule has 5 rings (SSSR count). The number of rotatable bonds is 8. The van der Waals surface area contributed by atoms with Gasteiger partial charge in [-0.3, -0.25) is 9.59 Å². The van der Waals surface area contributed by atoms with Gasteiger partial charge in [0.15, 0.2) is 5.65 Å². The van der Waals surface area contributed by atoms with Crippen LogP contribution in [0.25, 0.3) is 16.9 Å². The standard InChI is InChI=1S/C21H19N5OS2.C6H13NO.C2H6O/c1-12-18(14-6-8-28-11-14)25-19-15(3-2-7-26(12)19)20(27)23-10-13-4-5-16-17(9-13)29-21(22)24-16;1-3-6(2)4-7-5-8;1-2-3/h2-9,11,21,24H,10,22H2,1H3,(H,23,27);5-6H,3-4H2,1-2H3,(H,7,8);3H,2H2,1H3. The molecule has 4 heterocycles. The zero-order valence-electron chi connectivity index (χ0n) is 23.3. The molecule has 1 aliphatic heterocycles. The number of benzene rings is 1. The van der Waals surface area contributed by atoms with E-state index in [9.17, 15) is 9.59 Å². The number of hydrogen-bond acceptors (Lipinski definition) is 8. The van der Waals surface area contributed by atoms with Crippen LogP contribution in [0, 0.1) is 12.8 Å². The highest BCUT2D eigenvalue weighted by molar-refractivity contribution is 8.00. The van der Waals surface area contributed by atoms with Crippen LogP contribution in [0.2, 0.25) is 0 Å². The normalized spacial score (nSPS) is 14.1. The van der Waals surface area contributed by atoms with E-state index in [1.54, 1.807) is 30.0 Å². The summed E-state index contributed by atoms with van der Waals surface area (Å²) in [6.45, 7) is 9.42. The quantitative estimate of drug-likeness (QED) is 0.188. The molecule has 3 aromatic heterocycles. The van der Waals surface area contributed by atoms with Crippen molar-refractivity contribution in [1.82, 2.24) is 20.0 Å². The van der Waals surface area contributed by atoms with Crippen molar-refractivity contribution in [3.63, 3.8) is 0 Å². The Morgan fingerprint density at radius 2 is 2.08 bits per heavy atom. The van der Waals surface area contributed by atoms with Crippen LogP contribution in [-0.2, 0) is 11.3 Å². The van der Waals surface area contributed by atoms with Gasteiger partial charge in [0.25, 0.3) is 5.91 Å². The SMILES string of the molecule is CCC(C)CNC=O.CCO.Cc1c(-c2ccsc2)nc2c(C(=O)NCc3ccc4c(c3)SC(N)N4)cccn12. The molecule has 2 amide bonds. The molecular formula is C29H38N6O3S2. The third kappa shape index (κ3) is 8.07. The lowest BCUT2D eigenvalue weighted by Crippen LogP contribution is -2.23. The summed E-state index contributed by atoms with van der Waals surface area (Å²) in [5.74, 6) is 0.473. The highest BCUT2D eigenvalue weighted by atomic mass is 32.2. The minimum atomic E-state index is -0.138. The molecule has 0 aliphatic carbocycles. The molecule has 0 saturated heterocycles. The summed E-state index contributed by atoms with van der Waals surface area (Å²) in [5, 5.41) is 20.5. The Kier molecular flexibility index (Phi) is 12.0. The Morgan fingerprint density at radius 3 is 2.75 bits per heavy atom. The maximum Gasteiger partial charge on any atom is 0.255 e. The zero-order chi connectivity index (χ0) is 29.1. The van der Waals surface area contributed by atoms with Gasteiger partial charge >= 0.3 is 0 Å². The maximum atomic E-state index is 12.9. The monoisotopic (exact) mass is 582 g/mol. The van der Waals surface area contributed by atoms with Crippen molar-refractivity contribution in [3.8, 4) is 11.3 Å². The first-order chi connectivity index (χ1) is 19.3. The Balaban J connectivity index is 0.000000344. The van der Waals surface area contributed by atoms with Crippen molar-refractivity contribution in [1.29, 1.82) is 0 Å². The summed E-state index contributed by atoms with van der Waals surface area (Å²) < 4.78 is 1.97. The molecule has 2 atom stereocenters. The first-order valence-electron chi connectivity index (χ1n) is 13.2. The van der Waals surface area contributed by atoms with Crippen molar-refractivity contribution < 1.29 is 14.7 Å². The van der Waals surface area contributed by atoms with Gasteiger partial charge in [0.2, 0.25) is 6.41 Å². The van der Waals surface area contributed by atoms with Crippen LogP contribution >= 0.6 is 23.1 Å². The second-order valence-corrected chi connectivity index (χ2v) is 11.2. The molecule has 1 aliphatic rings. The van der Waals surface area contributed by atoms with Crippen LogP contribution in [0.15, 0.2) is 58.3 Å². The van der Waals surface area contributed by atoms with Gasteiger partial charge in [-0.1, -0.05) is 38.1 Å². The van der Waals surface area contributed by atoms with Gasteiger partial charge in [0.1, 0.15) is 5.50 Å². The molecule has 6 N–H and O–H groups in total. The number of amides is 2. The fourth-order valence-corrected chi connectivity index (χ4v) is 5.49. The fourth-order valence-electron chi connectivity index (χ4n) is 3.92. The fraction of sp³-hybridized carbons (Fsp3) is 0.345. The van der Waals surface area contributed by atoms with Crippen LogP contribution < -0.4 is 21.7 Å². The number of carbonyl (C=O) groups excluding carboxylic acids is 2. The average molecular weight is 583 g/mol. The van der Waals surface area contributed by atoms with Crippen molar-refractivity contribution in [2.45, 2.75) is 51.1 Å². The molecule has 4 aromatic rings. The number of pyridine rings is 1. The second-order valence-electron chi connectivity index (χ2n) is 9.23. The van der Waals surface area contributed by atoms with Crippen LogP contribution in [0.5, 0.6) is 0 Å². The third-order valence-corrected chi connectivity index (χ3v) is 7.87. The van der Waals surface area contributed by atoms with E-state index in [4.69, 9.17) is 15.8 Å². The van der Waals surface area contributed by atoms with E-state index in [0.717, 1.165) is 52.5 Å². The predicted molar refractivity (Wildman–Crippen MR) is 165 cm³/mol. The number of imidazole rings is 1. The topological polar surface area (TPSA) is 134 Å². The largest absolute Gasteiger partial charge is 0.397 e. The molecular weight excluding hydrogens is 544 g/mol. The first-order valence-corrected chi connectivity index (χ1v) is 15.0. The van der Waals surface area contributed by atoms with Gasteiger partial charge in [0, 0.05) is 53.1 Å². The van der Waals surface area contributed by atoms with Crippen LogP contribution in [0.3, 0.4) is 0 Å². The number of aliphatic hydroxyl groups excluding tert-OH is 1. The molecule has 0 radical (unpaired) electrons. The van der Waals surface area contributed by atoms with Gasteiger partial charge in [-0.25, -0.2) is 4.98 Å². The van der Waals surface area contributed by atoms with Crippen LogP contribution in [-0.4, -0.2) is 45.5 Å². The van der Waals surface area contributed by atoms with E-state index in [1.807, 2.05) is 53.2 Å². The highest BCUT2D eigenvalue weighted by Crippen LogP contribution is 2.36. The van der Waals surface area contributed by atoms with Crippen LogP contribution in [0.4, 0.5) is 5.69 Å². The first kappa shape index (κ1) is 31.2. The van der Waals surface area contributed by atoms with Crippen molar-refractivity contribution in [2.75, 3.05) is 18.5 Å². The summed E-state index contributed by atoms with van der Waals surface area (Å²) in [4.78, 5) is 28.5. The summed E-state index contributed by atoms with van der Waals surface area (Å²) in [5.41, 5.74) is 12.1. The highest BCUT2D eigenvalue weighted by Gasteiger charge is 2.19. The van der Waals surface area contributed by atoms with Gasteiger partial charge in [-0.2, -0.15) is 11.3 Å². The van der Waals surface area contributed by atoms with Crippen molar-refractivity contribution in [3.05, 3.63) is 70.2 Å². The number of thiophene rings is 1. The lowest BCUT2D eigenvalue weighted by atomic mass is 10.1. The average Bonchev–Trinajstić information content (AvgIpc) is 3.69. The lowest BCUT2D eigenvalue weighted by Gasteiger charge is -2.08.